The molecule has 0 saturated heterocycles. The average Bonchev–Trinajstić information content (AvgIpc) is 2.77. The van der Waals surface area contributed by atoms with Crippen molar-refractivity contribution >= 4 is 27.5 Å². The maximum absolute atomic E-state index is 13.0. The summed E-state index contributed by atoms with van der Waals surface area (Å²) in [6.45, 7) is 0. The fraction of sp³-hybridized carbons (Fsp3) is 0.333. The summed E-state index contributed by atoms with van der Waals surface area (Å²) in [6.07, 6.45) is 1.40. The number of rotatable bonds is 1. The fourth-order valence-corrected chi connectivity index (χ4v) is 1.94. The van der Waals surface area contributed by atoms with E-state index in [1.165, 1.54) is 6.07 Å². The molecule has 1 aliphatic rings. The summed E-state index contributed by atoms with van der Waals surface area (Å²) in [5.74, 6) is -0.405. The molecule has 1 saturated carbocycles. The Morgan fingerprint density at radius 3 is 2.62 bits per heavy atom. The molecule has 70 valence electrons. The summed E-state index contributed by atoms with van der Waals surface area (Å²) < 4.78 is 13.3. The molecular weight excluding hydrogens is 258 g/mol. The topological polar surface area (TPSA) is 20.2 Å². The molecule has 4 heteroatoms. The van der Waals surface area contributed by atoms with Crippen LogP contribution in [0.2, 0.25) is 5.02 Å². The van der Waals surface area contributed by atoms with Gasteiger partial charge < -0.3 is 5.11 Å². The van der Waals surface area contributed by atoms with E-state index in [2.05, 4.69) is 15.9 Å². The molecule has 0 atom stereocenters. The van der Waals surface area contributed by atoms with E-state index >= 15 is 0 Å². The van der Waals surface area contributed by atoms with Crippen molar-refractivity contribution < 1.29 is 9.50 Å². The number of halogens is 3. The highest BCUT2D eigenvalue weighted by Gasteiger charge is 2.43. The second-order valence-corrected chi connectivity index (χ2v) is 4.54. The Labute approximate surface area is 88.7 Å². The lowest BCUT2D eigenvalue weighted by atomic mass is 10.1. The SMILES string of the molecule is OC1(c2cc(Br)c(F)cc2Cl)CC1. The minimum Gasteiger partial charge on any atom is -0.385 e. The third-order valence-electron chi connectivity index (χ3n) is 2.23. The van der Waals surface area contributed by atoms with Gasteiger partial charge in [0.2, 0.25) is 0 Å². The maximum atomic E-state index is 13.0. The van der Waals surface area contributed by atoms with Crippen molar-refractivity contribution in [3.8, 4) is 0 Å². The van der Waals surface area contributed by atoms with Gasteiger partial charge in [0.1, 0.15) is 5.82 Å². The van der Waals surface area contributed by atoms with Gasteiger partial charge in [-0.15, -0.1) is 0 Å². The van der Waals surface area contributed by atoms with Crippen LogP contribution in [0.4, 0.5) is 4.39 Å². The van der Waals surface area contributed by atoms with E-state index in [1.807, 2.05) is 0 Å². The van der Waals surface area contributed by atoms with Crippen LogP contribution < -0.4 is 0 Å². The van der Waals surface area contributed by atoms with Gasteiger partial charge in [-0.2, -0.15) is 0 Å². The Kier molecular flexibility index (Phi) is 2.13. The van der Waals surface area contributed by atoms with Gasteiger partial charge in [0.05, 0.1) is 10.1 Å². The van der Waals surface area contributed by atoms with Gasteiger partial charge in [-0.1, -0.05) is 11.6 Å². The minimum absolute atomic E-state index is 0.292. The van der Waals surface area contributed by atoms with E-state index in [-0.39, 0.29) is 0 Å². The molecule has 13 heavy (non-hydrogen) atoms. The number of hydrogen-bond acceptors (Lipinski definition) is 1. The molecule has 1 aromatic carbocycles. The molecule has 0 unspecified atom stereocenters. The lowest BCUT2D eigenvalue weighted by Crippen LogP contribution is -2.05. The normalized spacial score (nSPS) is 18.8. The van der Waals surface area contributed by atoms with Crippen molar-refractivity contribution in [3.63, 3.8) is 0 Å². The molecule has 1 fully saturated rings. The summed E-state index contributed by atoms with van der Waals surface area (Å²) in [5, 5.41) is 10.1. The lowest BCUT2D eigenvalue weighted by molar-refractivity contribution is 0.151. The first-order valence-corrected chi connectivity index (χ1v) is 5.07. The largest absolute Gasteiger partial charge is 0.385 e. The number of aliphatic hydroxyl groups is 1. The van der Waals surface area contributed by atoms with E-state index in [1.54, 1.807) is 6.07 Å². The van der Waals surface area contributed by atoms with Crippen LogP contribution in [0.3, 0.4) is 0 Å². The summed E-state index contributed by atoms with van der Waals surface area (Å²) in [7, 11) is 0. The highest BCUT2D eigenvalue weighted by molar-refractivity contribution is 9.10. The first kappa shape index (κ1) is 9.44. The third-order valence-corrected chi connectivity index (χ3v) is 3.16. The van der Waals surface area contributed by atoms with Crippen molar-refractivity contribution in [2.75, 3.05) is 0 Å². The lowest BCUT2D eigenvalue weighted by Gasteiger charge is -2.10. The standard InChI is InChI=1S/C9H7BrClFO/c10-6-3-5(9(13)1-2-9)7(11)4-8(6)12/h3-4,13H,1-2H2. The first-order valence-electron chi connectivity index (χ1n) is 3.90. The summed E-state index contributed by atoms with van der Waals surface area (Å²) in [5.41, 5.74) is -0.199. The van der Waals surface area contributed by atoms with E-state index in [4.69, 9.17) is 11.6 Å². The molecule has 0 bridgehead atoms. The van der Waals surface area contributed by atoms with Crippen molar-refractivity contribution in [2.45, 2.75) is 18.4 Å². The number of hydrogen-bond donors (Lipinski definition) is 1. The highest BCUT2D eigenvalue weighted by atomic mass is 79.9. The highest BCUT2D eigenvalue weighted by Crippen LogP contribution is 2.48. The zero-order valence-corrected chi connectivity index (χ0v) is 8.99. The zero-order chi connectivity index (χ0) is 9.64. The molecule has 1 aliphatic carbocycles. The molecular formula is C9H7BrClFO. The molecule has 0 spiro atoms. The Morgan fingerprint density at radius 2 is 2.08 bits per heavy atom. The van der Waals surface area contributed by atoms with Crippen molar-refractivity contribution in [2.24, 2.45) is 0 Å². The van der Waals surface area contributed by atoms with Gasteiger partial charge in [-0.25, -0.2) is 4.39 Å². The van der Waals surface area contributed by atoms with Crippen LogP contribution in [0, 0.1) is 5.82 Å². The Balaban J connectivity index is 2.52. The van der Waals surface area contributed by atoms with Gasteiger partial charge in [-0.3, -0.25) is 0 Å². The second kappa shape index (κ2) is 2.94. The van der Waals surface area contributed by atoms with Gasteiger partial charge in [-0.05, 0) is 40.9 Å². The summed E-state index contributed by atoms with van der Waals surface area (Å²) in [4.78, 5) is 0. The second-order valence-electron chi connectivity index (χ2n) is 3.28. The predicted molar refractivity (Wildman–Crippen MR) is 52.2 cm³/mol. The van der Waals surface area contributed by atoms with E-state index in [0.29, 0.717) is 27.9 Å². The maximum Gasteiger partial charge on any atom is 0.138 e. The molecule has 1 N–H and O–H groups in total. The van der Waals surface area contributed by atoms with Crippen LogP contribution in [0.25, 0.3) is 0 Å². The molecule has 0 heterocycles. The minimum atomic E-state index is -0.812. The van der Waals surface area contributed by atoms with Crippen molar-refractivity contribution in [1.82, 2.24) is 0 Å². The fourth-order valence-electron chi connectivity index (χ4n) is 1.27. The molecule has 0 amide bonds. The summed E-state index contributed by atoms with van der Waals surface area (Å²) >= 11 is 8.86. The van der Waals surface area contributed by atoms with Crippen LogP contribution in [0.1, 0.15) is 18.4 Å². The molecule has 1 aromatic rings. The monoisotopic (exact) mass is 264 g/mol. The van der Waals surface area contributed by atoms with Crippen molar-refractivity contribution in [3.05, 3.63) is 33.0 Å². The predicted octanol–water partition coefficient (Wildman–Crippen LogP) is 3.22. The van der Waals surface area contributed by atoms with Gasteiger partial charge in [0.15, 0.2) is 0 Å². The van der Waals surface area contributed by atoms with E-state index in [9.17, 15) is 9.50 Å². The smallest absolute Gasteiger partial charge is 0.138 e. The van der Waals surface area contributed by atoms with Crippen LogP contribution in [-0.2, 0) is 5.60 Å². The Hall–Kier alpha value is -0.120. The third kappa shape index (κ3) is 1.60. The average molecular weight is 266 g/mol. The van der Waals surface area contributed by atoms with E-state index < -0.39 is 11.4 Å². The van der Waals surface area contributed by atoms with Gasteiger partial charge in [0.25, 0.3) is 0 Å². The van der Waals surface area contributed by atoms with Crippen LogP contribution in [0.5, 0.6) is 0 Å². The Bertz CT molecular complexity index is 363. The van der Waals surface area contributed by atoms with Crippen molar-refractivity contribution in [1.29, 1.82) is 0 Å². The Morgan fingerprint density at radius 1 is 1.46 bits per heavy atom. The van der Waals surface area contributed by atoms with E-state index in [0.717, 1.165) is 0 Å². The van der Waals surface area contributed by atoms with Gasteiger partial charge >= 0.3 is 0 Å². The zero-order valence-electron chi connectivity index (χ0n) is 6.65. The molecule has 0 aliphatic heterocycles. The number of benzene rings is 1. The van der Waals surface area contributed by atoms with Crippen LogP contribution >= 0.6 is 27.5 Å². The molecule has 2 rings (SSSR count). The molecule has 0 aromatic heterocycles. The molecule has 1 nitrogen and oxygen atoms in total. The quantitative estimate of drug-likeness (QED) is 0.773. The van der Waals surface area contributed by atoms with Crippen LogP contribution in [0.15, 0.2) is 16.6 Å². The van der Waals surface area contributed by atoms with Gasteiger partial charge in [0, 0.05) is 10.6 Å². The van der Waals surface area contributed by atoms with Crippen LogP contribution in [-0.4, -0.2) is 5.11 Å². The first-order chi connectivity index (χ1) is 6.03. The summed E-state index contributed by atoms with van der Waals surface area (Å²) in [6, 6.07) is 2.77. The molecule has 0 radical (unpaired) electrons.